The average molecular weight is 375 g/mol. The zero-order chi connectivity index (χ0) is 19.3. The van der Waals surface area contributed by atoms with Gasteiger partial charge in [-0.15, -0.1) is 0 Å². The molecular weight excluding hydrogens is 350 g/mol. The molecule has 0 saturated carbocycles. The first kappa shape index (κ1) is 18.5. The lowest BCUT2D eigenvalue weighted by Gasteiger charge is -2.25. The van der Waals surface area contributed by atoms with Crippen molar-refractivity contribution in [3.8, 4) is 0 Å². The molecule has 1 aromatic carbocycles. The first-order chi connectivity index (χ1) is 13.7. The average Bonchev–Trinajstić information content (AvgIpc) is 3.25. The van der Waals surface area contributed by atoms with E-state index in [4.69, 9.17) is 6.57 Å². The molecule has 6 heteroatoms. The number of nitrogens with one attached hydrogen (secondary N) is 3. The maximum absolute atomic E-state index is 12.6. The number of carbonyl (C=O) groups is 1. The highest BCUT2D eigenvalue weighted by Gasteiger charge is 2.20. The Morgan fingerprint density at radius 2 is 2.11 bits per heavy atom. The molecular formula is C22H25N5O. The Labute approximate surface area is 165 Å². The first-order valence-corrected chi connectivity index (χ1v) is 10.0. The summed E-state index contributed by atoms with van der Waals surface area (Å²) in [7, 11) is 0. The molecule has 6 nitrogen and oxygen atoms in total. The maximum atomic E-state index is 12.6. The summed E-state index contributed by atoms with van der Waals surface area (Å²) in [5.41, 5.74) is 4.62. The van der Waals surface area contributed by atoms with Crippen LogP contribution in [0.25, 0.3) is 10.4 Å². The number of imidazole rings is 1. The molecule has 1 saturated heterocycles. The van der Waals surface area contributed by atoms with Crippen molar-refractivity contribution in [3.05, 3.63) is 58.8 Å². The van der Waals surface area contributed by atoms with Crippen LogP contribution in [0.1, 0.15) is 66.2 Å². The quantitative estimate of drug-likeness (QED) is 0.682. The Hall–Kier alpha value is -2.91. The Bertz CT molecular complexity index is 931. The summed E-state index contributed by atoms with van der Waals surface area (Å²) in [5.74, 6) is 0.682. The van der Waals surface area contributed by atoms with Crippen LogP contribution >= 0.6 is 0 Å². The third kappa shape index (κ3) is 4.00. The molecule has 0 radical (unpaired) electrons. The molecule has 1 aliphatic heterocycles. The van der Waals surface area contributed by atoms with Gasteiger partial charge in [-0.05, 0) is 80.8 Å². The summed E-state index contributed by atoms with van der Waals surface area (Å²) in [6.07, 6.45) is 10.5. The number of aromatic amines is 1. The molecule has 1 fully saturated rings. The van der Waals surface area contributed by atoms with Crippen molar-refractivity contribution < 1.29 is 4.79 Å². The largest absolute Gasteiger partial charge is 0.363 e. The Morgan fingerprint density at radius 3 is 2.82 bits per heavy atom. The smallest absolute Gasteiger partial charge is 0.314 e. The van der Waals surface area contributed by atoms with Gasteiger partial charge in [0.1, 0.15) is 0 Å². The van der Waals surface area contributed by atoms with Crippen molar-refractivity contribution in [2.75, 3.05) is 18.4 Å². The summed E-state index contributed by atoms with van der Waals surface area (Å²) in [5, 5.41) is 6.43. The van der Waals surface area contributed by atoms with Gasteiger partial charge in [-0.1, -0.05) is 18.7 Å². The van der Waals surface area contributed by atoms with Gasteiger partial charge >= 0.3 is 5.91 Å². The number of rotatable bonds is 4. The van der Waals surface area contributed by atoms with Crippen molar-refractivity contribution in [2.45, 2.75) is 44.4 Å². The van der Waals surface area contributed by atoms with Crippen molar-refractivity contribution in [1.82, 2.24) is 15.3 Å². The normalized spacial score (nSPS) is 17.6. The van der Waals surface area contributed by atoms with Gasteiger partial charge in [0.15, 0.2) is 0 Å². The predicted octanol–water partition coefficient (Wildman–Crippen LogP) is 4.64. The molecule has 144 valence electrons. The van der Waals surface area contributed by atoms with E-state index in [1.54, 1.807) is 0 Å². The van der Waals surface area contributed by atoms with E-state index >= 15 is 0 Å². The van der Waals surface area contributed by atoms with Gasteiger partial charge in [0, 0.05) is 11.3 Å². The molecule has 0 unspecified atom stereocenters. The van der Waals surface area contributed by atoms with E-state index in [-0.39, 0.29) is 17.5 Å². The van der Waals surface area contributed by atoms with Crippen LogP contribution in [0.15, 0.2) is 30.5 Å². The number of carbonyl (C=O) groups excluding carboxylic acids is 1. The van der Waals surface area contributed by atoms with Crippen LogP contribution in [0.2, 0.25) is 0 Å². The van der Waals surface area contributed by atoms with Gasteiger partial charge in [-0.3, -0.25) is 9.78 Å². The van der Waals surface area contributed by atoms with Gasteiger partial charge in [0.05, 0.1) is 6.20 Å². The minimum Gasteiger partial charge on any atom is -0.363 e. The summed E-state index contributed by atoms with van der Waals surface area (Å²) >= 11 is 0. The van der Waals surface area contributed by atoms with Gasteiger partial charge in [-0.2, -0.15) is 0 Å². The Morgan fingerprint density at radius 1 is 1.25 bits per heavy atom. The molecule has 2 aliphatic rings. The molecule has 2 aromatic rings. The number of piperidine rings is 1. The van der Waals surface area contributed by atoms with Crippen LogP contribution in [0.5, 0.6) is 0 Å². The van der Waals surface area contributed by atoms with E-state index in [2.05, 4.69) is 43.7 Å². The van der Waals surface area contributed by atoms with Crippen LogP contribution in [-0.4, -0.2) is 29.0 Å². The van der Waals surface area contributed by atoms with E-state index in [9.17, 15) is 4.79 Å². The first-order valence-electron chi connectivity index (χ1n) is 10.0. The summed E-state index contributed by atoms with van der Waals surface area (Å²) in [6.45, 7) is 9.14. The maximum Gasteiger partial charge on any atom is 0.314 e. The third-order valence-corrected chi connectivity index (χ3v) is 5.64. The molecule has 1 aliphatic carbocycles. The minimum absolute atomic E-state index is 0.164. The summed E-state index contributed by atoms with van der Waals surface area (Å²) in [6, 6.07) is 6.44. The second-order valence-corrected chi connectivity index (χ2v) is 7.49. The fourth-order valence-corrected chi connectivity index (χ4v) is 4.09. The summed E-state index contributed by atoms with van der Waals surface area (Å²) < 4.78 is 0. The van der Waals surface area contributed by atoms with Crippen LogP contribution in [0.4, 0.5) is 11.5 Å². The highest BCUT2D eigenvalue weighted by Crippen LogP contribution is 2.35. The number of benzene rings is 1. The minimum atomic E-state index is -0.317. The lowest BCUT2D eigenvalue weighted by Crippen LogP contribution is -2.26. The molecule has 28 heavy (non-hydrogen) atoms. The van der Waals surface area contributed by atoms with Crippen molar-refractivity contribution in [3.63, 3.8) is 0 Å². The van der Waals surface area contributed by atoms with E-state index in [0.717, 1.165) is 50.0 Å². The second kappa shape index (κ2) is 8.41. The topological polar surface area (TPSA) is 74.2 Å². The van der Waals surface area contributed by atoms with Crippen molar-refractivity contribution in [2.24, 2.45) is 0 Å². The van der Waals surface area contributed by atoms with Gasteiger partial charge < -0.3 is 15.5 Å². The molecule has 0 bridgehead atoms. The number of hydrogen-bond donors (Lipinski definition) is 3. The molecule has 1 amide bonds. The predicted molar refractivity (Wildman–Crippen MR) is 111 cm³/mol. The molecule has 3 N–H and O–H groups in total. The molecule has 0 atom stereocenters. The van der Waals surface area contributed by atoms with Crippen LogP contribution in [0, 0.1) is 6.57 Å². The number of H-pyrrole nitrogens is 1. The fraction of sp³-hybridized carbons (Fsp3) is 0.409. The highest BCUT2D eigenvalue weighted by molar-refractivity contribution is 6.03. The Kier molecular flexibility index (Phi) is 5.54. The van der Waals surface area contributed by atoms with Gasteiger partial charge in [-0.25, -0.2) is 4.98 Å². The zero-order valence-electron chi connectivity index (χ0n) is 15.9. The molecule has 4 rings (SSSR count). The van der Waals surface area contributed by atoms with E-state index < -0.39 is 0 Å². The van der Waals surface area contributed by atoms with E-state index in [1.807, 2.05) is 6.07 Å². The second-order valence-electron chi connectivity index (χ2n) is 7.49. The number of nitrogens with zero attached hydrogens (tertiary/aromatic N) is 2. The van der Waals surface area contributed by atoms with Crippen LogP contribution in [0.3, 0.4) is 0 Å². The zero-order valence-corrected chi connectivity index (χ0v) is 15.9. The number of aromatic nitrogens is 2. The fourth-order valence-electron chi connectivity index (χ4n) is 4.09. The van der Waals surface area contributed by atoms with E-state index in [0.29, 0.717) is 5.92 Å². The number of hydrogen-bond acceptors (Lipinski definition) is 3. The van der Waals surface area contributed by atoms with Gasteiger partial charge in [0.25, 0.3) is 5.82 Å². The van der Waals surface area contributed by atoms with Crippen LogP contribution in [-0.2, 0) is 0 Å². The number of amides is 1. The molecule has 1 aromatic heterocycles. The van der Waals surface area contributed by atoms with Crippen molar-refractivity contribution >= 4 is 23.0 Å². The number of anilines is 1. The Balaban J connectivity index is 1.64. The number of allylic oxidation sites excluding steroid dienone is 2. The lowest BCUT2D eigenvalue weighted by atomic mass is 9.86. The van der Waals surface area contributed by atoms with Crippen molar-refractivity contribution in [1.29, 1.82) is 0 Å². The monoisotopic (exact) mass is 375 g/mol. The SMILES string of the molecule is [C-]#[N+]c1cnc(C(=O)Nc2ccc(C3CCNCC3)cc2C2=CCCCC2)[nH]1. The molecule has 2 heterocycles. The molecule has 0 spiro atoms. The lowest BCUT2D eigenvalue weighted by molar-refractivity contribution is 0.101. The third-order valence-electron chi connectivity index (χ3n) is 5.64. The van der Waals surface area contributed by atoms with E-state index in [1.165, 1.54) is 30.2 Å². The van der Waals surface area contributed by atoms with Gasteiger partial charge in [0.2, 0.25) is 5.82 Å². The standard InChI is InChI=1S/C22H25N5O/c1-23-20-14-25-21(27-20)22(28)26-19-8-7-17(15-9-11-24-12-10-15)13-18(19)16-5-3-2-4-6-16/h5,7-8,13-15,24H,2-4,6,9-12H2,(H,25,27)(H,26,28). The summed E-state index contributed by atoms with van der Waals surface area (Å²) in [4.78, 5) is 22.7. The highest BCUT2D eigenvalue weighted by atomic mass is 16.2. The van der Waals surface area contributed by atoms with Crippen LogP contribution < -0.4 is 10.6 Å².